The van der Waals surface area contributed by atoms with E-state index in [0.29, 0.717) is 12.1 Å². The van der Waals surface area contributed by atoms with Gasteiger partial charge >= 0.3 is 0 Å². The molecule has 2 heteroatoms. The Kier molecular flexibility index (Phi) is 8.07. The lowest BCUT2D eigenvalue weighted by molar-refractivity contribution is 0.170. The predicted octanol–water partition coefficient (Wildman–Crippen LogP) is 2.74. The Morgan fingerprint density at radius 1 is 1.00 bits per heavy atom. The molecule has 2 atom stereocenters. The molecule has 0 aromatic rings. The second-order valence-corrected chi connectivity index (χ2v) is 5.04. The van der Waals surface area contributed by atoms with Crippen molar-refractivity contribution in [2.24, 2.45) is 5.92 Å². The third-order valence-corrected chi connectivity index (χ3v) is 3.27. The number of likely N-dealkylation sites (N-methyl/N-ethyl adjacent to an activating group) is 1. The number of hydrogen-bond acceptors (Lipinski definition) is 2. The first-order valence-electron chi connectivity index (χ1n) is 6.45. The smallest absolute Gasteiger partial charge is 0.0217 e. The fraction of sp³-hybridized carbons (Fsp3) is 1.00. The van der Waals surface area contributed by atoms with Crippen molar-refractivity contribution in [1.29, 1.82) is 0 Å². The zero-order valence-corrected chi connectivity index (χ0v) is 11.5. The maximum Gasteiger partial charge on any atom is 0.0217 e. The van der Waals surface area contributed by atoms with Gasteiger partial charge < -0.3 is 5.32 Å². The molecule has 0 heterocycles. The van der Waals surface area contributed by atoms with Crippen LogP contribution in [-0.2, 0) is 0 Å². The molecule has 0 aliphatic carbocycles. The van der Waals surface area contributed by atoms with Crippen molar-refractivity contribution in [3.8, 4) is 0 Å². The normalized spacial score (nSPS) is 16.0. The van der Waals surface area contributed by atoms with Crippen molar-refractivity contribution in [2.75, 3.05) is 20.1 Å². The van der Waals surface area contributed by atoms with Crippen LogP contribution < -0.4 is 5.32 Å². The summed E-state index contributed by atoms with van der Waals surface area (Å²) in [5.41, 5.74) is 0. The Bertz CT molecular complexity index is 145. The summed E-state index contributed by atoms with van der Waals surface area (Å²) in [5, 5.41) is 3.55. The lowest BCUT2D eigenvalue weighted by atomic mass is 10.1. The van der Waals surface area contributed by atoms with Gasteiger partial charge in [-0.25, -0.2) is 0 Å². The fourth-order valence-corrected chi connectivity index (χ4v) is 1.76. The monoisotopic (exact) mass is 214 g/mol. The molecule has 0 rings (SSSR count). The van der Waals surface area contributed by atoms with Crippen LogP contribution in [0.3, 0.4) is 0 Å². The second-order valence-electron chi connectivity index (χ2n) is 5.04. The minimum Gasteiger partial charge on any atom is -0.315 e. The van der Waals surface area contributed by atoms with E-state index in [0.717, 1.165) is 19.0 Å². The minimum absolute atomic E-state index is 0.679. The molecule has 0 saturated heterocycles. The zero-order valence-electron chi connectivity index (χ0n) is 11.5. The summed E-state index contributed by atoms with van der Waals surface area (Å²) in [7, 11) is 2.25. The number of rotatable bonds is 8. The molecule has 0 aromatic heterocycles. The molecule has 0 fully saturated rings. The molecule has 0 aromatic carbocycles. The number of hydrogen-bond donors (Lipinski definition) is 1. The molecule has 1 N–H and O–H groups in total. The van der Waals surface area contributed by atoms with Gasteiger partial charge in [-0.05, 0) is 39.3 Å². The molecular weight excluding hydrogens is 184 g/mol. The van der Waals surface area contributed by atoms with E-state index in [-0.39, 0.29) is 0 Å². The Balaban J connectivity index is 3.90. The molecule has 2 unspecified atom stereocenters. The van der Waals surface area contributed by atoms with Crippen LogP contribution in [0, 0.1) is 5.92 Å². The SMILES string of the molecule is CCC(C)N(C)C(CC)CNCC(C)C. The van der Waals surface area contributed by atoms with Crippen molar-refractivity contribution in [1.82, 2.24) is 10.2 Å². The van der Waals surface area contributed by atoms with Crippen LogP contribution >= 0.6 is 0 Å². The van der Waals surface area contributed by atoms with E-state index < -0.39 is 0 Å². The molecular formula is C13H30N2. The standard InChI is InChI=1S/C13H30N2/c1-7-12(5)15(6)13(8-2)10-14-9-11(3)4/h11-14H,7-10H2,1-6H3. The highest BCUT2D eigenvalue weighted by atomic mass is 15.2. The average Bonchev–Trinajstić information content (AvgIpc) is 2.22. The number of nitrogens with one attached hydrogen (secondary N) is 1. The Morgan fingerprint density at radius 2 is 1.60 bits per heavy atom. The van der Waals surface area contributed by atoms with Gasteiger partial charge in [0.15, 0.2) is 0 Å². The predicted molar refractivity (Wildman–Crippen MR) is 69.3 cm³/mol. The van der Waals surface area contributed by atoms with Gasteiger partial charge in [-0.1, -0.05) is 27.7 Å². The quantitative estimate of drug-likeness (QED) is 0.668. The Hall–Kier alpha value is -0.0800. The molecule has 0 radical (unpaired) electrons. The first-order valence-corrected chi connectivity index (χ1v) is 6.45. The highest BCUT2D eigenvalue weighted by Crippen LogP contribution is 2.08. The maximum atomic E-state index is 3.55. The average molecular weight is 214 g/mol. The Labute approximate surface area is 96.4 Å². The molecule has 0 amide bonds. The minimum atomic E-state index is 0.679. The molecule has 0 bridgehead atoms. The van der Waals surface area contributed by atoms with E-state index in [1.807, 2.05) is 0 Å². The maximum absolute atomic E-state index is 3.55. The van der Waals surface area contributed by atoms with Crippen LogP contribution in [0.5, 0.6) is 0 Å². The third-order valence-electron chi connectivity index (χ3n) is 3.27. The highest BCUT2D eigenvalue weighted by molar-refractivity contribution is 4.74. The molecule has 0 aliphatic rings. The highest BCUT2D eigenvalue weighted by Gasteiger charge is 2.16. The van der Waals surface area contributed by atoms with Crippen molar-refractivity contribution in [3.63, 3.8) is 0 Å². The van der Waals surface area contributed by atoms with Gasteiger partial charge in [-0.2, -0.15) is 0 Å². The third kappa shape index (κ3) is 6.16. The van der Waals surface area contributed by atoms with Gasteiger partial charge in [0.1, 0.15) is 0 Å². The van der Waals surface area contributed by atoms with E-state index in [1.54, 1.807) is 0 Å². The molecule has 0 spiro atoms. The van der Waals surface area contributed by atoms with Crippen LogP contribution in [0.4, 0.5) is 0 Å². The van der Waals surface area contributed by atoms with Gasteiger partial charge in [-0.3, -0.25) is 4.90 Å². The summed E-state index contributed by atoms with van der Waals surface area (Å²) in [4.78, 5) is 2.51. The van der Waals surface area contributed by atoms with E-state index in [1.165, 1.54) is 12.8 Å². The van der Waals surface area contributed by atoms with Crippen LogP contribution in [0.25, 0.3) is 0 Å². The van der Waals surface area contributed by atoms with E-state index >= 15 is 0 Å². The summed E-state index contributed by atoms with van der Waals surface area (Å²) in [6.45, 7) is 13.6. The summed E-state index contributed by atoms with van der Waals surface area (Å²) in [6, 6.07) is 1.37. The van der Waals surface area contributed by atoms with Crippen molar-refractivity contribution < 1.29 is 0 Å². The first-order chi connectivity index (χ1) is 7.02. The van der Waals surface area contributed by atoms with Gasteiger partial charge in [0.05, 0.1) is 0 Å². The van der Waals surface area contributed by atoms with Crippen LogP contribution in [-0.4, -0.2) is 37.1 Å². The fourth-order valence-electron chi connectivity index (χ4n) is 1.76. The number of nitrogens with zero attached hydrogens (tertiary/aromatic N) is 1. The zero-order chi connectivity index (χ0) is 11.8. The lowest BCUT2D eigenvalue weighted by Crippen LogP contribution is -2.44. The Morgan fingerprint density at radius 3 is 2.00 bits per heavy atom. The first kappa shape index (κ1) is 14.9. The lowest BCUT2D eigenvalue weighted by Gasteiger charge is -2.32. The molecule has 2 nitrogen and oxygen atoms in total. The van der Waals surface area contributed by atoms with Gasteiger partial charge in [0.25, 0.3) is 0 Å². The van der Waals surface area contributed by atoms with E-state index in [9.17, 15) is 0 Å². The van der Waals surface area contributed by atoms with Gasteiger partial charge in [0.2, 0.25) is 0 Å². The van der Waals surface area contributed by atoms with Crippen LogP contribution in [0.2, 0.25) is 0 Å². The second kappa shape index (κ2) is 8.12. The molecule has 92 valence electrons. The van der Waals surface area contributed by atoms with Gasteiger partial charge in [0, 0.05) is 18.6 Å². The molecule has 0 saturated carbocycles. The van der Waals surface area contributed by atoms with Crippen molar-refractivity contribution >= 4 is 0 Å². The molecule has 0 aliphatic heterocycles. The summed E-state index contributed by atoms with van der Waals surface area (Å²) in [6.07, 6.45) is 2.46. The van der Waals surface area contributed by atoms with E-state index in [4.69, 9.17) is 0 Å². The van der Waals surface area contributed by atoms with Crippen LogP contribution in [0.1, 0.15) is 47.5 Å². The van der Waals surface area contributed by atoms with Gasteiger partial charge in [-0.15, -0.1) is 0 Å². The van der Waals surface area contributed by atoms with Crippen molar-refractivity contribution in [2.45, 2.75) is 59.5 Å². The topological polar surface area (TPSA) is 15.3 Å². The molecule has 15 heavy (non-hydrogen) atoms. The summed E-state index contributed by atoms with van der Waals surface area (Å²) in [5.74, 6) is 0.747. The van der Waals surface area contributed by atoms with Crippen LogP contribution in [0.15, 0.2) is 0 Å². The van der Waals surface area contributed by atoms with Crippen molar-refractivity contribution in [3.05, 3.63) is 0 Å². The van der Waals surface area contributed by atoms with E-state index in [2.05, 4.69) is 51.9 Å². The summed E-state index contributed by atoms with van der Waals surface area (Å²) >= 11 is 0. The summed E-state index contributed by atoms with van der Waals surface area (Å²) < 4.78 is 0. The largest absolute Gasteiger partial charge is 0.315 e.